The van der Waals surface area contributed by atoms with Crippen molar-refractivity contribution in [3.05, 3.63) is 66.5 Å². The summed E-state index contributed by atoms with van der Waals surface area (Å²) in [5.41, 5.74) is 3.28. The van der Waals surface area contributed by atoms with Crippen molar-refractivity contribution >= 4 is 5.69 Å². The van der Waals surface area contributed by atoms with Crippen LogP contribution in [0.5, 0.6) is 11.5 Å². The zero-order valence-corrected chi connectivity index (χ0v) is 20.5. The Morgan fingerprint density at radius 1 is 0.971 bits per heavy atom. The van der Waals surface area contributed by atoms with Crippen molar-refractivity contribution in [2.75, 3.05) is 31.6 Å². The molecule has 0 radical (unpaired) electrons. The highest BCUT2D eigenvalue weighted by Gasteiger charge is 2.20. The first-order chi connectivity index (χ1) is 16.6. The van der Waals surface area contributed by atoms with Crippen molar-refractivity contribution in [2.24, 2.45) is 5.92 Å². The van der Waals surface area contributed by atoms with Crippen LogP contribution in [0.1, 0.15) is 39.2 Å². The predicted octanol–water partition coefficient (Wildman–Crippen LogP) is 5.65. The van der Waals surface area contributed by atoms with E-state index in [1.54, 1.807) is 0 Å². The monoisotopic (exact) mass is 460 g/mol. The molecule has 34 heavy (non-hydrogen) atoms. The number of piperidine rings is 1. The summed E-state index contributed by atoms with van der Waals surface area (Å²) in [7, 11) is 0. The Hall–Kier alpha value is -3.12. The Bertz CT molecular complexity index is 1020. The fourth-order valence-electron chi connectivity index (χ4n) is 4.16. The minimum absolute atomic E-state index is 0.438. The third kappa shape index (κ3) is 6.70. The quantitative estimate of drug-likeness (QED) is 0.422. The number of hydrogen-bond donors (Lipinski definition) is 1. The first kappa shape index (κ1) is 24.0. The Kier molecular flexibility index (Phi) is 8.36. The Morgan fingerprint density at radius 2 is 1.71 bits per heavy atom. The van der Waals surface area contributed by atoms with Crippen molar-refractivity contribution in [1.82, 2.24) is 14.9 Å². The van der Waals surface area contributed by atoms with Crippen molar-refractivity contribution in [3.63, 3.8) is 0 Å². The van der Waals surface area contributed by atoms with E-state index in [0.29, 0.717) is 25.2 Å². The molecule has 0 saturated carbocycles. The molecule has 0 amide bonds. The van der Waals surface area contributed by atoms with Crippen LogP contribution in [0.2, 0.25) is 0 Å². The number of likely N-dealkylation sites (tertiary alicyclic amines) is 1. The minimum atomic E-state index is 0.438. The van der Waals surface area contributed by atoms with E-state index < -0.39 is 0 Å². The van der Waals surface area contributed by atoms with Crippen molar-refractivity contribution in [1.29, 1.82) is 0 Å². The van der Waals surface area contributed by atoms with E-state index in [1.165, 1.54) is 5.56 Å². The van der Waals surface area contributed by atoms with Crippen molar-refractivity contribution in [3.8, 4) is 22.9 Å². The number of nitrogens with one attached hydrogen (secondary N) is 1. The van der Waals surface area contributed by atoms with Crippen LogP contribution in [-0.4, -0.2) is 47.2 Å². The standard InChI is InChI=1S/C28H36N4O2/c1-4-33-27-16-22(10-11-26(27)34-20-21(2)3)19-32-14-12-24(13-15-32)31-25-17-29-28(30-18-25)23-8-6-5-7-9-23/h5-11,16-18,21,24,31H,4,12-15,19-20H2,1-3H3. The molecule has 1 saturated heterocycles. The molecule has 1 aromatic heterocycles. The van der Waals surface area contributed by atoms with Gasteiger partial charge in [0.1, 0.15) is 0 Å². The predicted molar refractivity (Wildman–Crippen MR) is 137 cm³/mol. The molecule has 0 bridgehead atoms. The van der Waals surface area contributed by atoms with Crippen LogP contribution in [0, 0.1) is 5.92 Å². The van der Waals surface area contributed by atoms with Gasteiger partial charge in [-0.3, -0.25) is 4.90 Å². The third-order valence-corrected chi connectivity index (χ3v) is 5.93. The lowest BCUT2D eigenvalue weighted by molar-refractivity contribution is 0.210. The molecule has 2 heterocycles. The summed E-state index contributed by atoms with van der Waals surface area (Å²) < 4.78 is 11.8. The van der Waals surface area contributed by atoms with Gasteiger partial charge in [-0.15, -0.1) is 0 Å². The average Bonchev–Trinajstić information content (AvgIpc) is 2.86. The zero-order valence-electron chi connectivity index (χ0n) is 20.5. The molecule has 3 aromatic rings. The normalized spacial score (nSPS) is 14.8. The molecule has 1 fully saturated rings. The second-order valence-electron chi connectivity index (χ2n) is 9.28. The van der Waals surface area contributed by atoms with Crippen LogP contribution in [0.4, 0.5) is 5.69 Å². The van der Waals surface area contributed by atoms with E-state index in [-0.39, 0.29) is 0 Å². The number of ether oxygens (including phenoxy) is 2. The molecule has 180 valence electrons. The van der Waals surface area contributed by atoms with Gasteiger partial charge in [0.15, 0.2) is 17.3 Å². The summed E-state index contributed by atoms with van der Waals surface area (Å²) >= 11 is 0. The molecule has 6 nitrogen and oxygen atoms in total. The molecule has 0 atom stereocenters. The summed E-state index contributed by atoms with van der Waals surface area (Å²) in [6.45, 7) is 10.7. The van der Waals surface area contributed by atoms with E-state index in [9.17, 15) is 0 Å². The number of hydrogen-bond acceptors (Lipinski definition) is 6. The van der Waals surface area contributed by atoms with E-state index in [1.807, 2.05) is 49.6 Å². The number of nitrogens with zero attached hydrogens (tertiary/aromatic N) is 3. The van der Waals surface area contributed by atoms with Gasteiger partial charge < -0.3 is 14.8 Å². The summed E-state index contributed by atoms with van der Waals surface area (Å²) in [5, 5.41) is 3.61. The van der Waals surface area contributed by atoms with Crippen LogP contribution in [0.25, 0.3) is 11.4 Å². The van der Waals surface area contributed by atoms with Crippen molar-refractivity contribution in [2.45, 2.75) is 46.2 Å². The average molecular weight is 461 g/mol. The van der Waals surface area contributed by atoms with Crippen molar-refractivity contribution < 1.29 is 9.47 Å². The van der Waals surface area contributed by atoms with Gasteiger partial charge in [-0.25, -0.2) is 9.97 Å². The van der Waals surface area contributed by atoms with Crippen LogP contribution in [-0.2, 0) is 6.54 Å². The Labute approximate surface area is 203 Å². The third-order valence-electron chi connectivity index (χ3n) is 5.93. The molecule has 1 aliphatic rings. The molecule has 0 spiro atoms. The number of rotatable bonds is 10. The number of aromatic nitrogens is 2. The molecule has 4 rings (SSSR count). The molecular weight excluding hydrogens is 424 g/mol. The first-order valence-corrected chi connectivity index (χ1v) is 12.4. The van der Waals surface area contributed by atoms with Gasteiger partial charge in [0.05, 0.1) is 31.3 Å². The van der Waals surface area contributed by atoms with Crippen LogP contribution >= 0.6 is 0 Å². The minimum Gasteiger partial charge on any atom is -0.490 e. The fourth-order valence-corrected chi connectivity index (χ4v) is 4.16. The Morgan fingerprint density at radius 3 is 2.38 bits per heavy atom. The number of anilines is 1. The lowest BCUT2D eigenvalue weighted by Crippen LogP contribution is -2.38. The van der Waals surface area contributed by atoms with Crippen LogP contribution in [0.15, 0.2) is 60.9 Å². The highest BCUT2D eigenvalue weighted by Crippen LogP contribution is 2.30. The molecular formula is C28H36N4O2. The maximum atomic E-state index is 5.94. The molecule has 0 aliphatic carbocycles. The maximum absolute atomic E-state index is 5.94. The lowest BCUT2D eigenvalue weighted by atomic mass is 10.0. The second-order valence-corrected chi connectivity index (χ2v) is 9.28. The molecule has 1 aliphatic heterocycles. The first-order valence-electron chi connectivity index (χ1n) is 12.4. The summed E-state index contributed by atoms with van der Waals surface area (Å²) in [6.07, 6.45) is 5.96. The lowest BCUT2D eigenvalue weighted by Gasteiger charge is -2.32. The summed E-state index contributed by atoms with van der Waals surface area (Å²) in [4.78, 5) is 11.6. The fraction of sp³-hybridized carbons (Fsp3) is 0.429. The highest BCUT2D eigenvalue weighted by atomic mass is 16.5. The van der Waals surface area contributed by atoms with E-state index in [0.717, 1.165) is 61.1 Å². The van der Waals surface area contributed by atoms with E-state index in [2.05, 4.69) is 52.2 Å². The summed E-state index contributed by atoms with van der Waals surface area (Å²) in [5.74, 6) is 2.92. The maximum Gasteiger partial charge on any atom is 0.161 e. The van der Waals surface area contributed by atoms with Gasteiger partial charge in [0, 0.05) is 31.2 Å². The van der Waals surface area contributed by atoms with Crippen LogP contribution in [0.3, 0.4) is 0 Å². The van der Waals surface area contributed by atoms with Gasteiger partial charge in [-0.2, -0.15) is 0 Å². The second kappa shape index (κ2) is 11.8. The highest BCUT2D eigenvalue weighted by molar-refractivity contribution is 5.55. The molecule has 0 unspecified atom stereocenters. The van der Waals surface area contributed by atoms with Gasteiger partial charge >= 0.3 is 0 Å². The topological polar surface area (TPSA) is 59.5 Å². The molecule has 1 N–H and O–H groups in total. The molecule has 6 heteroatoms. The van der Waals surface area contributed by atoms with Crippen LogP contribution < -0.4 is 14.8 Å². The summed E-state index contributed by atoms with van der Waals surface area (Å²) in [6, 6.07) is 16.9. The smallest absolute Gasteiger partial charge is 0.161 e. The van der Waals surface area contributed by atoms with E-state index >= 15 is 0 Å². The largest absolute Gasteiger partial charge is 0.490 e. The van der Waals surface area contributed by atoms with Gasteiger partial charge in [-0.1, -0.05) is 50.2 Å². The number of benzene rings is 2. The SMILES string of the molecule is CCOc1cc(CN2CCC(Nc3cnc(-c4ccccc4)nc3)CC2)ccc1OCC(C)C. The zero-order chi connectivity index (χ0) is 23.8. The Balaban J connectivity index is 1.28. The van der Waals surface area contributed by atoms with Gasteiger partial charge in [0.2, 0.25) is 0 Å². The molecule has 2 aromatic carbocycles. The van der Waals surface area contributed by atoms with Gasteiger partial charge in [-0.05, 0) is 43.4 Å². The van der Waals surface area contributed by atoms with Gasteiger partial charge in [0.25, 0.3) is 0 Å². The van der Waals surface area contributed by atoms with E-state index in [4.69, 9.17) is 9.47 Å².